The van der Waals surface area contributed by atoms with Crippen molar-refractivity contribution in [3.8, 4) is 5.75 Å². The highest BCUT2D eigenvalue weighted by Crippen LogP contribution is 2.31. The Bertz CT molecular complexity index is 856. The number of methoxy groups -OCH3 is 1. The predicted molar refractivity (Wildman–Crippen MR) is 88.6 cm³/mol. The normalized spacial score (nSPS) is 10.7. The Labute approximate surface area is 136 Å². The van der Waals surface area contributed by atoms with Crippen LogP contribution in [0, 0.1) is 0 Å². The Morgan fingerprint density at radius 1 is 1.43 bits per heavy atom. The van der Waals surface area contributed by atoms with Crippen molar-refractivity contribution >= 4 is 38.5 Å². The third kappa shape index (κ3) is 2.98. The maximum Gasteiger partial charge on any atom is 0.343 e. The van der Waals surface area contributed by atoms with E-state index in [0.717, 1.165) is 16.0 Å². The molecule has 2 heterocycles. The molecule has 0 saturated heterocycles. The van der Waals surface area contributed by atoms with Gasteiger partial charge in [0.1, 0.15) is 17.1 Å². The van der Waals surface area contributed by atoms with Crippen molar-refractivity contribution in [2.75, 3.05) is 19.0 Å². The summed E-state index contributed by atoms with van der Waals surface area (Å²) >= 11 is 1.47. The molecule has 1 N–H and O–H groups in total. The predicted octanol–water partition coefficient (Wildman–Crippen LogP) is 2.96. The van der Waals surface area contributed by atoms with Crippen LogP contribution in [0.2, 0.25) is 0 Å². The maximum absolute atomic E-state index is 12.0. The molecule has 0 fully saturated rings. The lowest BCUT2D eigenvalue weighted by atomic mass is 10.3. The highest BCUT2D eigenvalue weighted by atomic mass is 32.1. The van der Waals surface area contributed by atoms with Gasteiger partial charge < -0.3 is 14.8 Å². The summed E-state index contributed by atoms with van der Waals surface area (Å²) in [5.74, 6) is 0.917. The summed E-state index contributed by atoms with van der Waals surface area (Å²) in [5.41, 5.74) is 1.24. The molecule has 0 aliphatic carbocycles. The van der Waals surface area contributed by atoms with Crippen molar-refractivity contribution in [3.05, 3.63) is 30.0 Å². The summed E-state index contributed by atoms with van der Waals surface area (Å²) in [7, 11) is 3.38. The molecule has 3 aromatic rings. The fourth-order valence-corrected chi connectivity index (χ4v) is 3.02. The molecule has 0 saturated carbocycles. The van der Waals surface area contributed by atoms with E-state index in [9.17, 15) is 4.79 Å². The second-order valence-electron chi connectivity index (χ2n) is 4.73. The van der Waals surface area contributed by atoms with Crippen molar-refractivity contribution < 1.29 is 14.3 Å². The van der Waals surface area contributed by atoms with Gasteiger partial charge in [-0.3, -0.25) is 4.68 Å². The number of carbonyl (C=O) groups excluding carboxylic acids is 1. The van der Waals surface area contributed by atoms with Gasteiger partial charge in [0.05, 0.1) is 30.1 Å². The highest BCUT2D eigenvalue weighted by Gasteiger charge is 2.18. The molecule has 1 aromatic carbocycles. The third-order valence-electron chi connectivity index (χ3n) is 3.26. The van der Waals surface area contributed by atoms with Gasteiger partial charge in [-0.05, 0) is 25.1 Å². The summed E-state index contributed by atoms with van der Waals surface area (Å²) in [5, 5.41) is 7.93. The molecule has 0 atom stereocenters. The Kier molecular flexibility index (Phi) is 4.16. The number of benzene rings is 1. The summed E-state index contributed by atoms with van der Waals surface area (Å²) in [6.45, 7) is 2.08. The van der Waals surface area contributed by atoms with Gasteiger partial charge in [0.15, 0.2) is 5.13 Å². The van der Waals surface area contributed by atoms with E-state index in [4.69, 9.17) is 9.47 Å². The number of nitrogens with zero attached hydrogens (tertiary/aromatic N) is 3. The minimum Gasteiger partial charge on any atom is -0.497 e. The van der Waals surface area contributed by atoms with Gasteiger partial charge in [-0.2, -0.15) is 5.10 Å². The van der Waals surface area contributed by atoms with Crippen molar-refractivity contribution in [1.29, 1.82) is 0 Å². The molecule has 0 radical (unpaired) electrons. The number of ether oxygens (including phenoxy) is 2. The molecule has 7 nitrogen and oxygen atoms in total. The first kappa shape index (κ1) is 15.3. The number of hydrogen-bond donors (Lipinski definition) is 1. The lowest BCUT2D eigenvalue weighted by Crippen LogP contribution is -2.08. The number of nitrogens with one attached hydrogen (secondary N) is 1. The van der Waals surface area contributed by atoms with E-state index in [2.05, 4.69) is 15.4 Å². The highest BCUT2D eigenvalue weighted by molar-refractivity contribution is 7.22. The number of anilines is 2. The van der Waals surface area contributed by atoms with Crippen LogP contribution in [0.15, 0.2) is 24.4 Å². The monoisotopic (exact) mass is 332 g/mol. The topological polar surface area (TPSA) is 78.3 Å². The first-order chi connectivity index (χ1) is 11.1. The van der Waals surface area contributed by atoms with Crippen LogP contribution in [-0.2, 0) is 11.8 Å². The van der Waals surface area contributed by atoms with Gasteiger partial charge >= 0.3 is 5.97 Å². The van der Waals surface area contributed by atoms with Gasteiger partial charge in [0.2, 0.25) is 0 Å². The average molecular weight is 332 g/mol. The van der Waals surface area contributed by atoms with Crippen LogP contribution in [0.5, 0.6) is 5.75 Å². The summed E-state index contributed by atoms with van der Waals surface area (Å²) in [4.78, 5) is 16.5. The third-order valence-corrected chi connectivity index (χ3v) is 4.19. The molecule has 120 valence electrons. The van der Waals surface area contributed by atoms with Crippen molar-refractivity contribution in [3.63, 3.8) is 0 Å². The van der Waals surface area contributed by atoms with E-state index in [1.54, 1.807) is 25.8 Å². The standard InChI is InChI=1S/C15H16N4O3S/c1-4-22-14(20)10-8-16-19(2)13(10)18-15-17-11-6-5-9(21-3)7-12(11)23-15/h5-8H,4H2,1-3H3,(H,17,18). The zero-order valence-electron chi connectivity index (χ0n) is 13.0. The number of rotatable bonds is 5. The Morgan fingerprint density at radius 3 is 3.00 bits per heavy atom. The minimum absolute atomic E-state index is 0.314. The summed E-state index contributed by atoms with van der Waals surface area (Å²) < 4.78 is 12.8. The number of carbonyl (C=O) groups is 1. The molecule has 0 aliphatic rings. The van der Waals surface area contributed by atoms with E-state index in [0.29, 0.717) is 23.1 Å². The first-order valence-corrected chi connectivity index (χ1v) is 7.84. The van der Waals surface area contributed by atoms with Crippen LogP contribution < -0.4 is 10.1 Å². The Morgan fingerprint density at radius 2 is 2.26 bits per heavy atom. The van der Waals surface area contributed by atoms with Crippen LogP contribution >= 0.6 is 11.3 Å². The van der Waals surface area contributed by atoms with Gasteiger partial charge in [-0.1, -0.05) is 11.3 Å². The smallest absolute Gasteiger partial charge is 0.343 e. The molecular formula is C15H16N4O3S. The molecule has 23 heavy (non-hydrogen) atoms. The fraction of sp³-hybridized carbons (Fsp3) is 0.267. The number of thiazole rings is 1. The molecule has 8 heteroatoms. The zero-order valence-corrected chi connectivity index (χ0v) is 13.8. The van der Waals surface area contributed by atoms with E-state index >= 15 is 0 Å². The number of aryl methyl sites for hydroxylation is 1. The summed E-state index contributed by atoms with van der Waals surface area (Å²) in [6, 6.07) is 5.68. The van der Waals surface area contributed by atoms with Crippen molar-refractivity contribution in [2.45, 2.75) is 6.92 Å². The second kappa shape index (κ2) is 6.25. The van der Waals surface area contributed by atoms with Crippen molar-refractivity contribution in [1.82, 2.24) is 14.8 Å². The quantitative estimate of drug-likeness (QED) is 0.724. The van der Waals surface area contributed by atoms with E-state index in [-0.39, 0.29) is 0 Å². The number of esters is 1. The molecule has 0 amide bonds. The van der Waals surface area contributed by atoms with Crippen LogP contribution in [-0.4, -0.2) is 34.5 Å². The van der Waals surface area contributed by atoms with E-state index in [1.165, 1.54) is 17.5 Å². The number of fused-ring (bicyclic) bond motifs is 1. The van der Waals surface area contributed by atoms with Crippen LogP contribution in [0.3, 0.4) is 0 Å². The molecule has 0 unspecified atom stereocenters. The Hall–Kier alpha value is -2.61. The molecule has 2 aromatic heterocycles. The SMILES string of the molecule is CCOC(=O)c1cnn(C)c1Nc1nc2ccc(OC)cc2s1. The summed E-state index contributed by atoms with van der Waals surface area (Å²) in [6.07, 6.45) is 1.48. The lowest BCUT2D eigenvalue weighted by molar-refractivity contribution is 0.0527. The largest absolute Gasteiger partial charge is 0.497 e. The number of aromatic nitrogens is 3. The van der Waals surface area contributed by atoms with Gasteiger partial charge in [-0.25, -0.2) is 9.78 Å². The zero-order chi connectivity index (χ0) is 16.4. The number of hydrogen-bond acceptors (Lipinski definition) is 7. The van der Waals surface area contributed by atoms with Gasteiger partial charge in [0.25, 0.3) is 0 Å². The average Bonchev–Trinajstić information content (AvgIpc) is 3.11. The molecule has 0 spiro atoms. The molecule has 0 aliphatic heterocycles. The first-order valence-electron chi connectivity index (χ1n) is 7.03. The second-order valence-corrected chi connectivity index (χ2v) is 5.76. The lowest BCUT2D eigenvalue weighted by Gasteiger charge is -2.06. The van der Waals surface area contributed by atoms with Gasteiger partial charge in [-0.15, -0.1) is 0 Å². The molecule has 3 rings (SSSR count). The fourth-order valence-electron chi connectivity index (χ4n) is 2.13. The van der Waals surface area contributed by atoms with E-state index < -0.39 is 5.97 Å². The Balaban J connectivity index is 1.93. The van der Waals surface area contributed by atoms with Crippen LogP contribution in [0.4, 0.5) is 10.9 Å². The minimum atomic E-state index is -0.411. The van der Waals surface area contributed by atoms with Crippen molar-refractivity contribution in [2.24, 2.45) is 7.05 Å². The molecular weight excluding hydrogens is 316 g/mol. The van der Waals surface area contributed by atoms with Crippen LogP contribution in [0.1, 0.15) is 17.3 Å². The molecule has 0 bridgehead atoms. The van der Waals surface area contributed by atoms with E-state index in [1.807, 2.05) is 18.2 Å². The van der Waals surface area contributed by atoms with Crippen LogP contribution in [0.25, 0.3) is 10.2 Å². The maximum atomic E-state index is 12.0. The van der Waals surface area contributed by atoms with Gasteiger partial charge in [0, 0.05) is 7.05 Å².